The van der Waals surface area contributed by atoms with E-state index in [0.717, 1.165) is 38.2 Å². The van der Waals surface area contributed by atoms with Crippen LogP contribution in [0.4, 0.5) is 5.69 Å². The third kappa shape index (κ3) is 7.36. The van der Waals surface area contributed by atoms with E-state index in [-0.39, 0.29) is 43.8 Å². The molecule has 1 aliphatic heterocycles. The van der Waals surface area contributed by atoms with Crippen LogP contribution in [0.25, 0.3) is 0 Å². The first-order valence-corrected chi connectivity index (χ1v) is 7.07. The Bertz CT molecular complexity index is 392. The normalized spacial score (nSPS) is 19.3. The summed E-state index contributed by atoms with van der Waals surface area (Å²) in [6.45, 7) is 3.48. The van der Waals surface area contributed by atoms with Gasteiger partial charge in [-0.25, -0.2) is 0 Å². The molecule has 2 atom stereocenters. The molecule has 1 fully saturated rings. The summed E-state index contributed by atoms with van der Waals surface area (Å²) < 4.78 is 0. The predicted molar refractivity (Wildman–Crippen MR) is 101 cm³/mol. The summed E-state index contributed by atoms with van der Waals surface area (Å²) in [5.74, 6) is 0.398. The van der Waals surface area contributed by atoms with Gasteiger partial charge in [0.2, 0.25) is 0 Å². The Kier molecular flexibility index (Phi) is 13.4. The fraction of sp³-hybridized carbons (Fsp3) is 0.600. The van der Waals surface area contributed by atoms with E-state index in [2.05, 4.69) is 29.4 Å². The fourth-order valence-corrected chi connectivity index (χ4v) is 2.84. The van der Waals surface area contributed by atoms with Gasteiger partial charge in [0.15, 0.2) is 0 Å². The lowest BCUT2D eigenvalue weighted by molar-refractivity contribution is 0.214. The molecule has 130 valence electrons. The molecular weight excluding hydrogens is 345 g/mol. The van der Waals surface area contributed by atoms with Crippen LogP contribution in [0.2, 0.25) is 0 Å². The van der Waals surface area contributed by atoms with Crippen LogP contribution in [0.5, 0.6) is 0 Å². The number of hydrogen-bond acceptors (Lipinski definition) is 4. The van der Waals surface area contributed by atoms with Crippen molar-refractivity contribution in [1.82, 2.24) is 10.2 Å². The van der Waals surface area contributed by atoms with Crippen molar-refractivity contribution in [3.8, 4) is 0 Å². The Morgan fingerprint density at radius 1 is 1.27 bits per heavy atom. The molecule has 0 aliphatic carbocycles. The van der Waals surface area contributed by atoms with Crippen molar-refractivity contribution in [2.75, 3.05) is 39.0 Å². The number of nitrogen functional groups attached to an aromatic ring is 1. The van der Waals surface area contributed by atoms with Crippen LogP contribution in [0.3, 0.4) is 0 Å². The van der Waals surface area contributed by atoms with E-state index < -0.39 is 0 Å². The van der Waals surface area contributed by atoms with E-state index in [4.69, 9.17) is 5.73 Å². The number of anilines is 1. The van der Waals surface area contributed by atoms with Gasteiger partial charge in [-0.15, -0.1) is 37.2 Å². The average molecular weight is 373 g/mol. The fourth-order valence-electron chi connectivity index (χ4n) is 2.84. The summed E-state index contributed by atoms with van der Waals surface area (Å²) in [4.78, 5) is 2.36. The molecule has 7 heteroatoms. The number of nitrogens with zero attached hydrogens (tertiary/aromatic N) is 1. The van der Waals surface area contributed by atoms with Crippen molar-refractivity contribution in [2.24, 2.45) is 0 Å². The second-order valence-electron chi connectivity index (χ2n) is 5.52. The summed E-state index contributed by atoms with van der Waals surface area (Å²) in [6.07, 6.45) is 1.88. The number of piperazine rings is 1. The Balaban J connectivity index is 0. The van der Waals surface area contributed by atoms with Crippen molar-refractivity contribution in [1.29, 1.82) is 0 Å². The molecule has 4 nitrogen and oxygen atoms in total. The molecule has 0 radical (unpaired) electrons. The predicted octanol–water partition coefficient (Wildman–Crippen LogP) is 2.29. The van der Waals surface area contributed by atoms with Gasteiger partial charge in [-0.05, 0) is 43.5 Å². The zero-order valence-corrected chi connectivity index (χ0v) is 15.4. The molecule has 0 saturated carbocycles. The Hall–Kier alpha value is -0.230. The summed E-state index contributed by atoms with van der Waals surface area (Å²) in [6, 6.07) is 8.57. The molecule has 2 rings (SSSR count). The number of aliphatic hydroxyl groups excluding tert-OH is 1. The van der Waals surface area contributed by atoms with E-state index in [1.54, 1.807) is 0 Å². The highest BCUT2D eigenvalue weighted by molar-refractivity contribution is 5.86. The number of nitrogens with one attached hydrogen (secondary N) is 1. The zero-order valence-electron chi connectivity index (χ0n) is 12.9. The smallest absolute Gasteiger partial charge is 0.0436 e. The van der Waals surface area contributed by atoms with Gasteiger partial charge in [0.05, 0.1) is 0 Å². The number of halogens is 3. The molecule has 4 N–H and O–H groups in total. The molecule has 1 heterocycles. The highest BCUT2D eigenvalue weighted by atomic mass is 35.5. The first-order chi connectivity index (χ1) is 9.19. The van der Waals surface area contributed by atoms with Gasteiger partial charge in [-0.2, -0.15) is 0 Å². The second kappa shape index (κ2) is 12.2. The van der Waals surface area contributed by atoms with Gasteiger partial charge in [0, 0.05) is 38.0 Å². The van der Waals surface area contributed by atoms with Gasteiger partial charge in [0.1, 0.15) is 0 Å². The third-order valence-corrected chi connectivity index (χ3v) is 3.91. The van der Waals surface area contributed by atoms with Crippen molar-refractivity contribution < 1.29 is 5.11 Å². The SMILES string of the molecule is CN1CCNC(CC(CCO)c2ccc(N)cc2)C1.Cl.Cl.Cl. The molecule has 0 spiro atoms. The first-order valence-electron chi connectivity index (χ1n) is 7.07. The van der Waals surface area contributed by atoms with E-state index in [1.165, 1.54) is 5.56 Å². The Morgan fingerprint density at radius 2 is 1.91 bits per heavy atom. The third-order valence-electron chi connectivity index (χ3n) is 3.91. The van der Waals surface area contributed by atoms with Crippen LogP contribution < -0.4 is 11.1 Å². The molecule has 1 aromatic rings. The molecule has 2 unspecified atom stereocenters. The zero-order chi connectivity index (χ0) is 13.7. The summed E-state index contributed by atoms with van der Waals surface area (Å²) >= 11 is 0. The van der Waals surface area contributed by atoms with E-state index in [1.807, 2.05) is 12.1 Å². The van der Waals surface area contributed by atoms with E-state index in [0.29, 0.717) is 12.0 Å². The quantitative estimate of drug-likeness (QED) is 0.694. The highest BCUT2D eigenvalue weighted by Crippen LogP contribution is 2.26. The number of hydrogen-bond donors (Lipinski definition) is 3. The minimum Gasteiger partial charge on any atom is -0.399 e. The van der Waals surface area contributed by atoms with Gasteiger partial charge in [-0.3, -0.25) is 0 Å². The number of likely N-dealkylation sites (N-methyl/N-ethyl adjacent to an activating group) is 1. The average Bonchev–Trinajstić information content (AvgIpc) is 2.39. The molecule has 1 saturated heterocycles. The molecular formula is C15H28Cl3N3O. The maximum Gasteiger partial charge on any atom is 0.0436 e. The highest BCUT2D eigenvalue weighted by Gasteiger charge is 2.21. The Morgan fingerprint density at radius 3 is 2.45 bits per heavy atom. The lowest BCUT2D eigenvalue weighted by Gasteiger charge is -2.33. The molecule has 1 aliphatic rings. The van der Waals surface area contributed by atoms with Crippen molar-refractivity contribution >= 4 is 42.9 Å². The van der Waals surface area contributed by atoms with Crippen LogP contribution in [-0.4, -0.2) is 49.3 Å². The van der Waals surface area contributed by atoms with Crippen molar-refractivity contribution in [3.05, 3.63) is 29.8 Å². The van der Waals surface area contributed by atoms with Gasteiger partial charge < -0.3 is 21.1 Å². The van der Waals surface area contributed by atoms with E-state index in [9.17, 15) is 5.11 Å². The van der Waals surface area contributed by atoms with E-state index >= 15 is 0 Å². The molecule has 22 heavy (non-hydrogen) atoms. The molecule has 0 bridgehead atoms. The summed E-state index contributed by atoms with van der Waals surface area (Å²) in [7, 11) is 2.16. The second-order valence-corrected chi connectivity index (χ2v) is 5.52. The van der Waals surface area contributed by atoms with Gasteiger partial charge >= 0.3 is 0 Å². The maximum absolute atomic E-state index is 9.28. The first kappa shape index (κ1) is 24.0. The standard InChI is InChI=1S/C15H25N3O.3ClH/c1-18-8-7-17-15(11-18)10-13(6-9-19)12-2-4-14(16)5-3-12;;;/h2-5,13,15,17,19H,6-11,16H2,1H3;3*1H. The lowest BCUT2D eigenvalue weighted by Crippen LogP contribution is -2.49. The van der Waals surface area contributed by atoms with Crippen LogP contribution in [0.1, 0.15) is 24.3 Å². The topological polar surface area (TPSA) is 61.5 Å². The van der Waals surface area contributed by atoms with Crippen molar-refractivity contribution in [2.45, 2.75) is 24.8 Å². The largest absolute Gasteiger partial charge is 0.399 e. The van der Waals surface area contributed by atoms with Crippen LogP contribution in [0.15, 0.2) is 24.3 Å². The number of benzene rings is 1. The summed E-state index contributed by atoms with van der Waals surface area (Å²) in [5, 5.41) is 12.9. The van der Waals surface area contributed by atoms with Crippen LogP contribution in [-0.2, 0) is 0 Å². The van der Waals surface area contributed by atoms with Crippen molar-refractivity contribution in [3.63, 3.8) is 0 Å². The number of aliphatic hydroxyl groups is 1. The molecule has 1 aromatic carbocycles. The Labute approximate surface area is 152 Å². The number of nitrogens with two attached hydrogens (primary N) is 1. The van der Waals surface area contributed by atoms with Gasteiger partial charge in [0.25, 0.3) is 0 Å². The summed E-state index contributed by atoms with van der Waals surface area (Å²) in [5.41, 5.74) is 7.80. The van der Waals surface area contributed by atoms with Crippen LogP contribution in [0, 0.1) is 0 Å². The minimum absolute atomic E-state index is 0. The molecule has 0 aromatic heterocycles. The monoisotopic (exact) mass is 371 g/mol. The van der Waals surface area contributed by atoms with Crippen LogP contribution >= 0.6 is 37.2 Å². The minimum atomic E-state index is 0. The lowest BCUT2D eigenvalue weighted by atomic mass is 9.89. The number of rotatable bonds is 5. The van der Waals surface area contributed by atoms with Gasteiger partial charge in [-0.1, -0.05) is 12.1 Å². The molecule has 0 amide bonds. The maximum atomic E-state index is 9.28.